The number of aromatic nitrogens is 4. The first kappa shape index (κ1) is 8.99. The minimum atomic E-state index is 0.476. The van der Waals surface area contributed by atoms with Crippen LogP contribution < -0.4 is 0 Å². The van der Waals surface area contributed by atoms with Crippen LogP contribution in [0, 0.1) is 0 Å². The summed E-state index contributed by atoms with van der Waals surface area (Å²) in [4.78, 5) is 0. The van der Waals surface area contributed by atoms with Crippen molar-refractivity contribution in [3.63, 3.8) is 0 Å². The maximum atomic E-state index is 4.25. The van der Waals surface area contributed by atoms with Crippen molar-refractivity contribution >= 4 is 0 Å². The van der Waals surface area contributed by atoms with Gasteiger partial charge in [0.1, 0.15) is 5.69 Å². The number of aryl methyl sites for hydroxylation is 1. The van der Waals surface area contributed by atoms with Gasteiger partial charge in [0.05, 0.1) is 5.69 Å². The third kappa shape index (κ3) is 1.43. The maximum absolute atomic E-state index is 4.25. The molecule has 0 spiro atoms. The average molecular weight is 190 g/mol. The molecule has 2 heterocycles. The van der Waals surface area contributed by atoms with Crippen molar-refractivity contribution < 1.29 is 0 Å². The van der Waals surface area contributed by atoms with E-state index in [-0.39, 0.29) is 0 Å². The second kappa shape index (κ2) is 3.29. The second-order valence-corrected chi connectivity index (χ2v) is 3.70. The molecule has 0 radical (unpaired) electrons. The van der Waals surface area contributed by atoms with Crippen LogP contribution in [-0.2, 0) is 7.05 Å². The Labute approximate surface area is 83.0 Å². The lowest BCUT2D eigenvalue weighted by atomic mass is 10.1. The molecule has 0 fully saturated rings. The van der Waals surface area contributed by atoms with Gasteiger partial charge >= 0.3 is 0 Å². The summed E-state index contributed by atoms with van der Waals surface area (Å²) < 4.78 is 1.82. The summed E-state index contributed by atoms with van der Waals surface area (Å²) in [5.74, 6) is 0.476. The molecule has 14 heavy (non-hydrogen) atoms. The minimum absolute atomic E-state index is 0.476. The Balaban J connectivity index is 2.39. The van der Waals surface area contributed by atoms with Gasteiger partial charge in [-0.3, -0.25) is 9.78 Å². The Morgan fingerprint density at radius 1 is 1.43 bits per heavy atom. The number of hydrogen-bond donors (Lipinski definition) is 1. The smallest absolute Gasteiger partial charge is 0.110 e. The molecule has 0 saturated carbocycles. The molecule has 0 amide bonds. The van der Waals surface area contributed by atoms with Crippen LogP contribution in [0.15, 0.2) is 18.3 Å². The van der Waals surface area contributed by atoms with Crippen molar-refractivity contribution in [3.8, 4) is 11.4 Å². The standard InChI is InChI=1S/C10H14N4/c1-7(2)8-6-9(13-12-8)10-4-5-11-14(10)3/h4-7H,1-3H3,(H,12,13). The van der Waals surface area contributed by atoms with Gasteiger partial charge in [-0.1, -0.05) is 13.8 Å². The predicted octanol–water partition coefficient (Wildman–Crippen LogP) is 1.93. The van der Waals surface area contributed by atoms with Gasteiger partial charge in [-0.2, -0.15) is 10.2 Å². The molecule has 1 N–H and O–H groups in total. The summed E-state index contributed by atoms with van der Waals surface area (Å²) in [5, 5.41) is 11.4. The lowest BCUT2D eigenvalue weighted by Gasteiger charge is -1.97. The van der Waals surface area contributed by atoms with Gasteiger partial charge < -0.3 is 0 Å². The van der Waals surface area contributed by atoms with Gasteiger partial charge in [0.25, 0.3) is 0 Å². The molecule has 74 valence electrons. The fraction of sp³-hybridized carbons (Fsp3) is 0.400. The number of rotatable bonds is 2. The molecule has 4 nitrogen and oxygen atoms in total. The molecule has 0 aromatic carbocycles. The van der Waals surface area contributed by atoms with E-state index in [0.717, 1.165) is 17.1 Å². The monoisotopic (exact) mass is 190 g/mol. The molecular formula is C10H14N4. The van der Waals surface area contributed by atoms with E-state index < -0.39 is 0 Å². The summed E-state index contributed by atoms with van der Waals surface area (Å²) >= 11 is 0. The van der Waals surface area contributed by atoms with E-state index >= 15 is 0 Å². The topological polar surface area (TPSA) is 46.5 Å². The Morgan fingerprint density at radius 2 is 2.21 bits per heavy atom. The SMILES string of the molecule is CC(C)c1cc(-c2ccnn2C)n[nH]1. The number of aromatic amines is 1. The van der Waals surface area contributed by atoms with Crippen molar-refractivity contribution in [2.45, 2.75) is 19.8 Å². The number of H-pyrrole nitrogens is 1. The number of nitrogens with zero attached hydrogens (tertiary/aromatic N) is 3. The van der Waals surface area contributed by atoms with Crippen LogP contribution in [-0.4, -0.2) is 20.0 Å². The van der Waals surface area contributed by atoms with Gasteiger partial charge in [0.2, 0.25) is 0 Å². The van der Waals surface area contributed by atoms with Gasteiger partial charge in [0, 0.05) is 18.9 Å². The minimum Gasteiger partial charge on any atom is -0.282 e. The fourth-order valence-electron chi connectivity index (χ4n) is 1.39. The second-order valence-electron chi connectivity index (χ2n) is 3.70. The van der Waals surface area contributed by atoms with Gasteiger partial charge in [-0.15, -0.1) is 0 Å². The molecule has 0 unspecified atom stereocenters. The Morgan fingerprint density at radius 3 is 2.71 bits per heavy atom. The molecule has 2 aromatic heterocycles. The number of hydrogen-bond acceptors (Lipinski definition) is 2. The zero-order chi connectivity index (χ0) is 10.1. The third-order valence-corrected chi connectivity index (χ3v) is 2.30. The predicted molar refractivity (Wildman–Crippen MR) is 54.9 cm³/mol. The quantitative estimate of drug-likeness (QED) is 0.786. The van der Waals surface area contributed by atoms with E-state index in [2.05, 4.69) is 35.2 Å². The van der Waals surface area contributed by atoms with Crippen LogP contribution in [0.3, 0.4) is 0 Å². The largest absolute Gasteiger partial charge is 0.282 e. The molecule has 0 aliphatic rings. The van der Waals surface area contributed by atoms with Crippen LogP contribution in [0.2, 0.25) is 0 Å². The molecule has 0 aliphatic carbocycles. The van der Waals surface area contributed by atoms with Gasteiger partial charge in [-0.05, 0) is 18.1 Å². The fourth-order valence-corrected chi connectivity index (χ4v) is 1.39. The van der Waals surface area contributed by atoms with Crippen molar-refractivity contribution in [3.05, 3.63) is 24.0 Å². The van der Waals surface area contributed by atoms with Crippen molar-refractivity contribution in [2.24, 2.45) is 7.05 Å². The average Bonchev–Trinajstić information content (AvgIpc) is 2.71. The van der Waals surface area contributed by atoms with E-state index in [1.54, 1.807) is 6.20 Å². The Kier molecular flexibility index (Phi) is 2.11. The molecule has 0 aliphatic heterocycles. The van der Waals surface area contributed by atoms with Crippen LogP contribution >= 0.6 is 0 Å². The summed E-state index contributed by atoms with van der Waals surface area (Å²) in [6, 6.07) is 4.03. The van der Waals surface area contributed by atoms with Crippen LogP contribution in [0.5, 0.6) is 0 Å². The van der Waals surface area contributed by atoms with E-state index in [1.165, 1.54) is 0 Å². The highest BCUT2D eigenvalue weighted by Crippen LogP contribution is 2.19. The van der Waals surface area contributed by atoms with Gasteiger partial charge in [-0.25, -0.2) is 0 Å². The highest BCUT2D eigenvalue weighted by atomic mass is 15.3. The highest BCUT2D eigenvalue weighted by molar-refractivity contribution is 5.54. The molecule has 2 rings (SSSR count). The van der Waals surface area contributed by atoms with Crippen molar-refractivity contribution in [1.82, 2.24) is 20.0 Å². The highest BCUT2D eigenvalue weighted by Gasteiger charge is 2.08. The molecule has 0 bridgehead atoms. The Hall–Kier alpha value is -1.58. The van der Waals surface area contributed by atoms with Gasteiger partial charge in [0.15, 0.2) is 0 Å². The van der Waals surface area contributed by atoms with E-state index in [1.807, 2.05) is 17.8 Å². The number of nitrogens with one attached hydrogen (secondary N) is 1. The molecule has 0 atom stereocenters. The zero-order valence-corrected chi connectivity index (χ0v) is 8.65. The molecule has 4 heteroatoms. The lowest BCUT2D eigenvalue weighted by Crippen LogP contribution is -1.92. The first-order valence-corrected chi connectivity index (χ1v) is 4.72. The molecule has 0 saturated heterocycles. The first-order chi connectivity index (χ1) is 6.68. The lowest BCUT2D eigenvalue weighted by molar-refractivity contribution is 0.772. The zero-order valence-electron chi connectivity index (χ0n) is 8.65. The first-order valence-electron chi connectivity index (χ1n) is 4.72. The van der Waals surface area contributed by atoms with E-state index in [4.69, 9.17) is 0 Å². The Bertz CT molecular complexity index is 425. The van der Waals surface area contributed by atoms with Crippen LogP contribution in [0.4, 0.5) is 0 Å². The van der Waals surface area contributed by atoms with Crippen LogP contribution in [0.1, 0.15) is 25.5 Å². The summed E-state index contributed by atoms with van der Waals surface area (Å²) in [5.41, 5.74) is 3.14. The summed E-state index contributed by atoms with van der Waals surface area (Å²) in [6.07, 6.45) is 1.78. The summed E-state index contributed by atoms with van der Waals surface area (Å²) in [6.45, 7) is 4.28. The van der Waals surface area contributed by atoms with E-state index in [9.17, 15) is 0 Å². The molecular weight excluding hydrogens is 176 g/mol. The molecule has 2 aromatic rings. The normalized spacial score (nSPS) is 11.1. The van der Waals surface area contributed by atoms with Crippen molar-refractivity contribution in [2.75, 3.05) is 0 Å². The maximum Gasteiger partial charge on any atom is 0.110 e. The van der Waals surface area contributed by atoms with Crippen molar-refractivity contribution in [1.29, 1.82) is 0 Å². The van der Waals surface area contributed by atoms with Crippen LogP contribution in [0.25, 0.3) is 11.4 Å². The van der Waals surface area contributed by atoms with E-state index in [0.29, 0.717) is 5.92 Å². The summed E-state index contributed by atoms with van der Waals surface area (Å²) in [7, 11) is 1.92. The third-order valence-electron chi connectivity index (χ3n) is 2.30.